The number of nitrogens with one attached hydrogen (secondary N) is 1. The van der Waals surface area contributed by atoms with E-state index in [9.17, 15) is 9.59 Å². The molecule has 6 nitrogen and oxygen atoms in total. The van der Waals surface area contributed by atoms with Crippen LogP contribution in [0.5, 0.6) is 5.75 Å². The number of nitrogens with zero attached hydrogens (tertiary/aromatic N) is 1. The molecule has 0 aliphatic rings. The van der Waals surface area contributed by atoms with Crippen molar-refractivity contribution in [2.75, 3.05) is 11.9 Å². The van der Waals surface area contributed by atoms with E-state index in [0.717, 1.165) is 26.0 Å². The van der Waals surface area contributed by atoms with E-state index in [-0.39, 0.29) is 12.5 Å². The molecule has 2 heterocycles. The van der Waals surface area contributed by atoms with Crippen molar-refractivity contribution in [2.24, 2.45) is 0 Å². The Labute approximate surface area is 178 Å². The van der Waals surface area contributed by atoms with Crippen molar-refractivity contribution in [1.29, 1.82) is 0 Å². The summed E-state index contributed by atoms with van der Waals surface area (Å²) in [5.41, 5.74) is 1.79. The molecule has 0 bridgehead atoms. The Balaban J connectivity index is 1.42. The van der Waals surface area contributed by atoms with Crippen molar-refractivity contribution in [3.05, 3.63) is 74.4 Å². The van der Waals surface area contributed by atoms with Crippen molar-refractivity contribution < 1.29 is 13.9 Å². The molecule has 0 fully saturated rings. The zero-order valence-corrected chi connectivity index (χ0v) is 17.7. The maximum Gasteiger partial charge on any atom is 0.336 e. The van der Waals surface area contributed by atoms with Gasteiger partial charge in [-0.15, -0.1) is 11.3 Å². The van der Waals surface area contributed by atoms with Gasteiger partial charge in [0.1, 0.15) is 11.3 Å². The summed E-state index contributed by atoms with van der Waals surface area (Å²) in [5, 5.41) is 4.05. The number of hydrogen-bond donors (Lipinski definition) is 1. The van der Waals surface area contributed by atoms with Crippen LogP contribution < -0.4 is 15.7 Å². The molecule has 0 unspecified atom stereocenters. The summed E-state index contributed by atoms with van der Waals surface area (Å²) in [6, 6.07) is 15.9. The molecular weight excluding hydrogens is 456 g/mol. The van der Waals surface area contributed by atoms with Crippen LogP contribution in [0.15, 0.2) is 68.3 Å². The van der Waals surface area contributed by atoms with Crippen LogP contribution >= 0.6 is 27.3 Å². The highest BCUT2D eigenvalue weighted by atomic mass is 79.9. The molecule has 2 aromatic carbocycles. The highest BCUT2D eigenvalue weighted by molar-refractivity contribution is 9.10. The number of anilines is 1. The van der Waals surface area contributed by atoms with Gasteiger partial charge in [0.25, 0.3) is 5.91 Å². The van der Waals surface area contributed by atoms with E-state index in [1.807, 2.05) is 31.2 Å². The Bertz CT molecular complexity index is 1250. The lowest BCUT2D eigenvalue weighted by Gasteiger charge is -2.06. The predicted octanol–water partition coefficient (Wildman–Crippen LogP) is 5.00. The van der Waals surface area contributed by atoms with E-state index in [4.69, 9.17) is 9.15 Å². The molecule has 1 N–H and O–H groups in total. The zero-order valence-electron chi connectivity index (χ0n) is 15.3. The summed E-state index contributed by atoms with van der Waals surface area (Å²) < 4.78 is 11.6. The maximum absolute atomic E-state index is 12.3. The Kier molecular flexibility index (Phi) is 5.46. The molecular formula is C21H15BrN2O4S. The third kappa shape index (κ3) is 4.55. The second kappa shape index (κ2) is 8.18. The number of carbonyl (C=O) groups excluding carboxylic acids is 1. The molecule has 2 aromatic heterocycles. The van der Waals surface area contributed by atoms with E-state index in [0.29, 0.717) is 16.5 Å². The minimum absolute atomic E-state index is 0.186. The number of aromatic nitrogens is 1. The van der Waals surface area contributed by atoms with Gasteiger partial charge < -0.3 is 9.15 Å². The largest absolute Gasteiger partial charge is 0.484 e. The summed E-state index contributed by atoms with van der Waals surface area (Å²) in [4.78, 5) is 29.1. The molecule has 4 rings (SSSR count). The van der Waals surface area contributed by atoms with Gasteiger partial charge >= 0.3 is 5.63 Å². The number of amides is 1. The maximum atomic E-state index is 12.3. The number of aryl methyl sites for hydroxylation is 1. The average Bonchev–Trinajstić information content (AvgIpc) is 3.06. The molecule has 1 amide bonds. The van der Waals surface area contributed by atoms with Crippen LogP contribution in [0, 0.1) is 6.92 Å². The molecule has 8 heteroatoms. The number of ether oxygens (including phenoxy) is 1. The molecule has 0 aliphatic heterocycles. The normalized spacial score (nSPS) is 10.8. The van der Waals surface area contributed by atoms with Crippen molar-refractivity contribution in [3.63, 3.8) is 0 Å². The van der Waals surface area contributed by atoms with Crippen LogP contribution in [-0.2, 0) is 4.79 Å². The lowest BCUT2D eigenvalue weighted by molar-refractivity contribution is -0.118. The SMILES string of the molecule is Cc1sc(NC(=O)COc2ccc3ccc(=O)oc3c2)nc1-c1ccc(Br)cc1. The van der Waals surface area contributed by atoms with E-state index >= 15 is 0 Å². The first-order valence-corrected chi connectivity index (χ1v) is 10.3. The van der Waals surface area contributed by atoms with Crippen LogP contribution in [0.25, 0.3) is 22.2 Å². The van der Waals surface area contributed by atoms with Crippen molar-refractivity contribution in [3.8, 4) is 17.0 Å². The van der Waals surface area contributed by atoms with Crippen molar-refractivity contribution in [1.82, 2.24) is 4.98 Å². The minimum Gasteiger partial charge on any atom is -0.484 e. The van der Waals surface area contributed by atoms with Crippen LogP contribution in [0.2, 0.25) is 0 Å². The lowest BCUT2D eigenvalue weighted by Crippen LogP contribution is -2.20. The molecule has 146 valence electrons. The van der Waals surface area contributed by atoms with E-state index in [1.54, 1.807) is 24.3 Å². The summed E-state index contributed by atoms with van der Waals surface area (Å²) in [6.45, 7) is 1.78. The van der Waals surface area contributed by atoms with Gasteiger partial charge in [-0.25, -0.2) is 9.78 Å². The Morgan fingerprint density at radius 1 is 1.17 bits per heavy atom. The van der Waals surface area contributed by atoms with Crippen molar-refractivity contribution in [2.45, 2.75) is 6.92 Å². The number of halogens is 1. The van der Waals surface area contributed by atoms with Gasteiger partial charge in [-0.3, -0.25) is 10.1 Å². The molecule has 0 atom stereocenters. The Morgan fingerprint density at radius 2 is 1.93 bits per heavy atom. The van der Waals surface area contributed by atoms with Gasteiger partial charge in [0.15, 0.2) is 11.7 Å². The monoisotopic (exact) mass is 470 g/mol. The number of fused-ring (bicyclic) bond motifs is 1. The van der Waals surface area contributed by atoms with Gasteiger partial charge in [-0.05, 0) is 37.3 Å². The quantitative estimate of drug-likeness (QED) is 0.414. The summed E-state index contributed by atoms with van der Waals surface area (Å²) in [5.74, 6) is 0.114. The first kappa shape index (κ1) is 19.4. The van der Waals surface area contributed by atoms with E-state index in [1.165, 1.54) is 17.4 Å². The van der Waals surface area contributed by atoms with Gasteiger partial charge in [0, 0.05) is 32.4 Å². The fourth-order valence-electron chi connectivity index (χ4n) is 2.76. The topological polar surface area (TPSA) is 81.4 Å². The van der Waals surface area contributed by atoms with Gasteiger partial charge in [0.05, 0.1) is 5.69 Å². The zero-order chi connectivity index (χ0) is 20.4. The van der Waals surface area contributed by atoms with Gasteiger partial charge in [0.2, 0.25) is 0 Å². The summed E-state index contributed by atoms with van der Waals surface area (Å²) in [6.07, 6.45) is 0. The second-order valence-electron chi connectivity index (χ2n) is 6.22. The number of rotatable bonds is 5. The van der Waals surface area contributed by atoms with Crippen LogP contribution in [0.1, 0.15) is 4.88 Å². The van der Waals surface area contributed by atoms with E-state index < -0.39 is 5.63 Å². The first-order valence-electron chi connectivity index (χ1n) is 8.68. The standard InChI is InChI=1S/C21H15BrN2O4S/c1-12-20(14-2-6-15(22)7-3-14)24-21(29-12)23-18(25)11-27-16-8-4-13-5-9-19(26)28-17(13)10-16/h2-10H,11H2,1H3,(H,23,24,25). The highest BCUT2D eigenvalue weighted by Gasteiger charge is 2.13. The number of carbonyl (C=O) groups is 1. The third-order valence-corrected chi connectivity index (χ3v) is 5.54. The molecule has 29 heavy (non-hydrogen) atoms. The smallest absolute Gasteiger partial charge is 0.336 e. The molecule has 0 saturated carbocycles. The predicted molar refractivity (Wildman–Crippen MR) is 117 cm³/mol. The van der Waals surface area contributed by atoms with Gasteiger partial charge in [-0.1, -0.05) is 28.1 Å². The third-order valence-electron chi connectivity index (χ3n) is 4.13. The first-order chi connectivity index (χ1) is 14.0. The van der Waals surface area contributed by atoms with Crippen LogP contribution in [0.3, 0.4) is 0 Å². The Morgan fingerprint density at radius 3 is 2.72 bits per heavy atom. The van der Waals surface area contributed by atoms with Gasteiger partial charge in [-0.2, -0.15) is 0 Å². The number of thiazole rings is 1. The van der Waals surface area contributed by atoms with E-state index in [2.05, 4.69) is 26.2 Å². The molecule has 0 aliphatic carbocycles. The van der Waals surface area contributed by atoms with Crippen LogP contribution in [0.4, 0.5) is 5.13 Å². The lowest BCUT2D eigenvalue weighted by atomic mass is 10.1. The summed E-state index contributed by atoms with van der Waals surface area (Å²) in [7, 11) is 0. The minimum atomic E-state index is -0.437. The fraction of sp³-hybridized carbons (Fsp3) is 0.0952. The number of hydrogen-bond acceptors (Lipinski definition) is 6. The fourth-order valence-corrected chi connectivity index (χ4v) is 3.88. The highest BCUT2D eigenvalue weighted by Crippen LogP contribution is 2.31. The molecule has 0 saturated heterocycles. The van der Waals surface area contributed by atoms with Crippen LogP contribution in [-0.4, -0.2) is 17.5 Å². The average molecular weight is 471 g/mol. The number of benzene rings is 2. The molecule has 4 aromatic rings. The molecule has 0 spiro atoms. The Hall–Kier alpha value is -2.97. The molecule has 0 radical (unpaired) electrons. The van der Waals surface area contributed by atoms with Crippen molar-refractivity contribution >= 4 is 49.3 Å². The summed E-state index contributed by atoms with van der Waals surface area (Å²) >= 11 is 4.82. The second-order valence-corrected chi connectivity index (χ2v) is 8.34.